The number of nitrogens with zero attached hydrogens (tertiary/aromatic N) is 4. The summed E-state index contributed by atoms with van der Waals surface area (Å²) in [5.41, 5.74) is 2.24. The van der Waals surface area contributed by atoms with Crippen LogP contribution in [0.15, 0.2) is 69.0 Å². The summed E-state index contributed by atoms with van der Waals surface area (Å²) in [4.78, 5) is 28.6. The summed E-state index contributed by atoms with van der Waals surface area (Å²) < 4.78 is 13.0. The van der Waals surface area contributed by atoms with Gasteiger partial charge in [0, 0.05) is 16.1 Å². The van der Waals surface area contributed by atoms with Crippen LogP contribution in [0.4, 0.5) is 5.69 Å². The van der Waals surface area contributed by atoms with Crippen molar-refractivity contribution in [2.75, 3.05) is 7.11 Å². The Balaban J connectivity index is 1.70. The number of aromatic nitrogens is 2. The van der Waals surface area contributed by atoms with E-state index in [9.17, 15) is 14.9 Å². The first-order valence-corrected chi connectivity index (χ1v) is 11.3. The van der Waals surface area contributed by atoms with Gasteiger partial charge < -0.3 is 9.47 Å². The largest absolute Gasteiger partial charge is 0.493 e. The summed E-state index contributed by atoms with van der Waals surface area (Å²) in [7, 11) is 1.40. The van der Waals surface area contributed by atoms with E-state index in [1.807, 2.05) is 31.2 Å². The van der Waals surface area contributed by atoms with E-state index in [4.69, 9.17) is 9.47 Å². The van der Waals surface area contributed by atoms with Crippen LogP contribution in [-0.2, 0) is 6.61 Å². The van der Waals surface area contributed by atoms with Crippen molar-refractivity contribution in [1.29, 1.82) is 0 Å². The van der Waals surface area contributed by atoms with E-state index in [1.165, 1.54) is 19.4 Å². The van der Waals surface area contributed by atoms with Crippen LogP contribution in [0.2, 0.25) is 0 Å². The fourth-order valence-electron chi connectivity index (χ4n) is 3.48. The minimum Gasteiger partial charge on any atom is -0.493 e. The first-order valence-electron chi connectivity index (χ1n) is 10.5. The smallest absolute Gasteiger partial charge is 0.315 e. The molecule has 35 heavy (non-hydrogen) atoms. The minimum absolute atomic E-state index is 0.0146. The number of ether oxygens (including phenoxy) is 2. The van der Waals surface area contributed by atoms with Gasteiger partial charge in [-0.2, -0.15) is 9.78 Å². The summed E-state index contributed by atoms with van der Waals surface area (Å²) in [6.07, 6.45) is 1.35. The van der Waals surface area contributed by atoms with Gasteiger partial charge in [-0.05, 0) is 43.7 Å². The standard InChI is InChI=1S/C25H21BrN4O5/c1-15-4-6-17(7-5-15)14-35-24-22(30(32)33)10-18(11-23(24)34-3)13-27-29-16(2)28-21-9-8-19(26)12-20(21)25(29)31/h4-13H,14H2,1-3H3. The molecule has 0 saturated carbocycles. The highest BCUT2D eigenvalue weighted by Crippen LogP contribution is 2.38. The number of rotatable bonds is 7. The van der Waals surface area contributed by atoms with Gasteiger partial charge in [-0.25, -0.2) is 4.98 Å². The Bertz CT molecular complexity index is 1510. The van der Waals surface area contributed by atoms with Gasteiger partial charge in [0.1, 0.15) is 12.4 Å². The summed E-state index contributed by atoms with van der Waals surface area (Å²) in [5.74, 6) is 0.568. The second-order valence-electron chi connectivity index (χ2n) is 7.78. The first-order chi connectivity index (χ1) is 16.8. The van der Waals surface area contributed by atoms with Crippen LogP contribution in [0, 0.1) is 24.0 Å². The zero-order valence-electron chi connectivity index (χ0n) is 19.2. The van der Waals surface area contributed by atoms with Gasteiger partial charge in [0.2, 0.25) is 5.75 Å². The normalized spacial score (nSPS) is 11.2. The van der Waals surface area contributed by atoms with E-state index >= 15 is 0 Å². The third kappa shape index (κ3) is 5.22. The molecule has 0 spiro atoms. The van der Waals surface area contributed by atoms with Crippen LogP contribution in [0.1, 0.15) is 22.5 Å². The molecule has 1 heterocycles. The van der Waals surface area contributed by atoms with Crippen molar-refractivity contribution in [1.82, 2.24) is 9.66 Å². The lowest BCUT2D eigenvalue weighted by atomic mass is 10.1. The van der Waals surface area contributed by atoms with Gasteiger partial charge in [0.15, 0.2) is 5.75 Å². The third-order valence-corrected chi connectivity index (χ3v) is 5.76. The van der Waals surface area contributed by atoms with Gasteiger partial charge in [-0.15, -0.1) is 0 Å². The van der Waals surface area contributed by atoms with Crippen LogP contribution >= 0.6 is 15.9 Å². The zero-order valence-corrected chi connectivity index (χ0v) is 20.8. The summed E-state index contributed by atoms with van der Waals surface area (Å²) in [5, 5.41) is 16.5. The first kappa shape index (κ1) is 24.1. The van der Waals surface area contributed by atoms with Crippen LogP contribution in [0.3, 0.4) is 0 Å². The van der Waals surface area contributed by atoms with E-state index in [1.54, 1.807) is 31.2 Å². The average molecular weight is 537 g/mol. The maximum atomic E-state index is 13.0. The molecular formula is C25H21BrN4O5. The van der Waals surface area contributed by atoms with Crippen molar-refractivity contribution in [3.05, 3.63) is 102 Å². The van der Waals surface area contributed by atoms with E-state index in [0.717, 1.165) is 20.3 Å². The Morgan fingerprint density at radius 3 is 2.57 bits per heavy atom. The van der Waals surface area contributed by atoms with E-state index in [2.05, 4.69) is 26.0 Å². The topological polar surface area (TPSA) is 109 Å². The predicted molar refractivity (Wildman–Crippen MR) is 137 cm³/mol. The van der Waals surface area contributed by atoms with Crippen molar-refractivity contribution in [3.63, 3.8) is 0 Å². The second kappa shape index (κ2) is 10.1. The fourth-order valence-corrected chi connectivity index (χ4v) is 3.84. The number of hydrogen-bond acceptors (Lipinski definition) is 7. The SMILES string of the molecule is COc1cc(C=Nn2c(C)nc3ccc(Br)cc3c2=O)cc([N+](=O)[O-])c1OCc1ccc(C)cc1. The molecule has 0 saturated heterocycles. The molecule has 178 valence electrons. The lowest BCUT2D eigenvalue weighted by molar-refractivity contribution is -0.386. The number of halogens is 1. The molecule has 9 nitrogen and oxygen atoms in total. The summed E-state index contributed by atoms with van der Waals surface area (Å²) >= 11 is 3.36. The van der Waals surface area contributed by atoms with Crippen molar-refractivity contribution >= 4 is 38.7 Å². The number of nitro benzene ring substituents is 1. The number of benzene rings is 3. The zero-order chi connectivity index (χ0) is 25.1. The molecule has 10 heteroatoms. The molecule has 0 aliphatic carbocycles. The second-order valence-corrected chi connectivity index (χ2v) is 8.70. The Kier molecular flexibility index (Phi) is 6.92. The van der Waals surface area contributed by atoms with Gasteiger partial charge in [0.05, 0.1) is 29.2 Å². The summed E-state index contributed by atoms with van der Waals surface area (Å²) in [6, 6.07) is 15.8. The average Bonchev–Trinajstić information content (AvgIpc) is 2.84. The van der Waals surface area contributed by atoms with Crippen LogP contribution in [0.25, 0.3) is 10.9 Å². The maximum Gasteiger partial charge on any atom is 0.315 e. The molecule has 0 bridgehead atoms. The monoisotopic (exact) mass is 536 g/mol. The molecule has 4 rings (SSSR count). The predicted octanol–water partition coefficient (Wildman–Crippen LogP) is 5.15. The number of aryl methyl sites for hydroxylation is 2. The quantitative estimate of drug-likeness (QED) is 0.183. The molecule has 0 unspecified atom stereocenters. The molecule has 0 atom stereocenters. The molecule has 0 aliphatic rings. The molecule has 0 radical (unpaired) electrons. The van der Waals surface area contributed by atoms with Crippen molar-refractivity contribution < 1.29 is 14.4 Å². The Morgan fingerprint density at radius 1 is 1.14 bits per heavy atom. The molecule has 0 amide bonds. The van der Waals surface area contributed by atoms with Crippen molar-refractivity contribution in [2.24, 2.45) is 5.10 Å². The summed E-state index contributed by atoms with van der Waals surface area (Å²) in [6.45, 7) is 3.77. The number of nitro groups is 1. The van der Waals surface area contributed by atoms with Gasteiger partial charge in [-0.1, -0.05) is 45.8 Å². The molecule has 3 aromatic carbocycles. The lowest BCUT2D eigenvalue weighted by Crippen LogP contribution is -2.20. The molecule has 4 aromatic rings. The van der Waals surface area contributed by atoms with E-state index in [-0.39, 0.29) is 29.4 Å². The van der Waals surface area contributed by atoms with Gasteiger partial charge in [-0.3, -0.25) is 14.9 Å². The minimum atomic E-state index is -0.545. The molecule has 0 N–H and O–H groups in total. The van der Waals surface area contributed by atoms with Gasteiger partial charge >= 0.3 is 5.69 Å². The number of fused-ring (bicyclic) bond motifs is 1. The molecule has 1 aromatic heterocycles. The Hall–Kier alpha value is -4.05. The molecular weight excluding hydrogens is 516 g/mol. The highest BCUT2D eigenvalue weighted by Gasteiger charge is 2.22. The fraction of sp³-hybridized carbons (Fsp3) is 0.160. The van der Waals surface area contributed by atoms with Crippen LogP contribution in [-0.4, -0.2) is 27.9 Å². The molecule has 0 aliphatic heterocycles. The Morgan fingerprint density at radius 2 is 1.89 bits per heavy atom. The van der Waals surface area contributed by atoms with Gasteiger partial charge in [0.25, 0.3) is 5.56 Å². The maximum absolute atomic E-state index is 13.0. The van der Waals surface area contributed by atoms with Crippen molar-refractivity contribution in [3.8, 4) is 11.5 Å². The van der Waals surface area contributed by atoms with E-state index < -0.39 is 4.92 Å². The van der Waals surface area contributed by atoms with Crippen molar-refractivity contribution in [2.45, 2.75) is 20.5 Å². The number of hydrogen-bond donors (Lipinski definition) is 0. The lowest BCUT2D eigenvalue weighted by Gasteiger charge is -2.12. The van der Waals surface area contributed by atoms with Crippen LogP contribution in [0.5, 0.6) is 11.5 Å². The highest BCUT2D eigenvalue weighted by molar-refractivity contribution is 9.10. The third-order valence-electron chi connectivity index (χ3n) is 5.27. The number of methoxy groups -OCH3 is 1. The van der Waals surface area contributed by atoms with Crippen LogP contribution < -0.4 is 15.0 Å². The molecule has 0 fully saturated rings. The highest BCUT2D eigenvalue weighted by atomic mass is 79.9. The van der Waals surface area contributed by atoms with E-state index in [0.29, 0.717) is 22.3 Å². The Labute approximate surface area is 208 Å².